The van der Waals surface area contributed by atoms with Gasteiger partial charge in [-0.1, -0.05) is 12.1 Å². The number of nitrogens with zero attached hydrogens (tertiary/aromatic N) is 2. The highest BCUT2D eigenvalue weighted by Crippen LogP contribution is 2.09. The molecular formula is C13H16N4O2. The summed E-state index contributed by atoms with van der Waals surface area (Å²) < 4.78 is 4.93. The van der Waals surface area contributed by atoms with E-state index in [0.29, 0.717) is 29.4 Å². The number of aromatic nitrogens is 2. The van der Waals surface area contributed by atoms with E-state index in [0.717, 1.165) is 12.1 Å². The van der Waals surface area contributed by atoms with Crippen molar-refractivity contribution in [3.63, 3.8) is 0 Å². The number of carbonyl (C=O) groups is 1. The van der Waals surface area contributed by atoms with Crippen molar-refractivity contribution in [3.8, 4) is 0 Å². The molecule has 0 spiro atoms. The molecule has 6 nitrogen and oxygen atoms in total. The molecule has 2 aromatic rings. The van der Waals surface area contributed by atoms with Crippen molar-refractivity contribution in [2.24, 2.45) is 0 Å². The Kier molecular flexibility index (Phi) is 3.79. The van der Waals surface area contributed by atoms with E-state index in [1.165, 1.54) is 0 Å². The lowest BCUT2D eigenvalue weighted by Crippen LogP contribution is -2.23. The summed E-state index contributed by atoms with van der Waals surface area (Å²) in [5.74, 6) is 0.858. The number of hydrogen-bond acceptors (Lipinski definition) is 5. The van der Waals surface area contributed by atoms with Gasteiger partial charge < -0.3 is 15.6 Å². The van der Waals surface area contributed by atoms with E-state index in [1.807, 2.05) is 6.92 Å². The van der Waals surface area contributed by atoms with Crippen LogP contribution in [-0.4, -0.2) is 16.0 Å². The van der Waals surface area contributed by atoms with Gasteiger partial charge in [0.15, 0.2) is 0 Å². The fourth-order valence-corrected chi connectivity index (χ4v) is 1.70. The van der Waals surface area contributed by atoms with Crippen LogP contribution in [0.3, 0.4) is 0 Å². The quantitative estimate of drug-likeness (QED) is 0.867. The van der Waals surface area contributed by atoms with Gasteiger partial charge in [-0.05, 0) is 25.5 Å². The maximum atomic E-state index is 12.0. The molecule has 19 heavy (non-hydrogen) atoms. The number of carbonyl (C=O) groups excluding carboxylic acids is 1. The van der Waals surface area contributed by atoms with Crippen LogP contribution in [-0.2, 0) is 13.0 Å². The van der Waals surface area contributed by atoms with Crippen LogP contribution in [0.1, 0.15) is 34.4 Å². The number of aryl methyl sites for hydroxylation is 2. The number of nitrogens with two attached hydrogens (primary N) is 1. The Labute approximate surface area is 111 Å². The number of pyridine rings is 1. The first-order valence-corrected chi connectivity index (χ1v) is 6.05. The van der Waals surface area contributed by atoms with Crippen LogP contribution >= 0.6 is 0 Å². The lowest BCUT2D eigenvalue weighted by atomic mass is 10.2. The molecule has 0 fully saturated rings. The molecule has 6 heteroatoms. The smallest absolute Gasteiger partial charge is 0.251 e. The largest absolute Gasteiger partial charge is 0.384 e. The standard InChI is InChI=1S/C13H16N4O2/c1-3-10-5-9(6-12(14)16-10)13(18)15-7-11-4-8(2)19-17-11/h4-6H,3,7H2,1-2H3,(H2,14,16)(H,15,18). The third-order valence-electron chi connectivity index (χ3n) is 2.63. The number of rotatable bonds is 4. The summed E-state index contributed by atoms with van der Waals surface area (Å²) in [6.45, 7) is 4.08. The lowest BCUT2D eigenvalue weighted by Gasteiger charge is -2.05. The van der Waals surface area contributed by atoms with Gasteiger partial charge in [-0.3, -0.25) is 4.79 Å². The Hall–Kier alpha value is -2.37. The van der Waals surface area contributed by atoms with Crippen LogP contribution in [0.5, 0.6) is 0 Å². The molecule has 0 saturated carbocycles. The molecule has 0 atom stereocenters. The van der Waals surface area contributed by atoms with E-state index < -0.39 is 0 Å². The molecule has 0 bridgehead atoms. The van der Waals surface area contributed by atoms with E-state index in [1.54, 1.807) is 25.1 Å². The van der Waals surface area contributed by atoms with Gasteiger partial charge in [-0.15, -0.1) is 0 Å². The molecule has 0 unspecified atom stereocenters. The Bertz CT molecular complexity index is 592. The first kappa shape index (κ1) is 13.1. The minimum Gasteiger partial charge on any atom is -0.384 e. The van der Waals surface area contributed by atoms with Gasteiger partial charge in [0.05, 0.1) is 6.54 Å². The second-order valence-electron chi connectivity index (χ2n) is 4.24. The van der Waals surface area contributed by atoms with Crippen molar-refractivity contribution >= 4 is 11.7 Å². The lowest BCUT2D eigenvalue weighted by molar-refractivity contribution is 0.0950. The van der Waals surface area contributed by atoms with Crippen molar-refractivity contribution in [2.45, 2.75) is 26.8 Å². The van der Waals surface area contributed by atoms with Gasteiger partial charge in [-0.25, -0.2) is 4.98 Å². The Balaban J connectivity index is 2.05. The minimum absolute atomic E-state index is 0.204. The van der Waals surface area contributed by atoms with Gasteiger partial charge >= 0.3 is 0 Å². The molecule has 0 aliphatic heterocycles. The fraction of sp³-hybridized carbons (Fsp3) is 0.308. The first-order chi connectivity index (χ1) is 9.08. The van der Waals surface area contributed by atoms with Crippen LogP contribution < -0.4 is 11.1 Å². The number of nitrogen functional groups attached to an aromatic ring is 1. The van der Waals surface area contributed by atoms with Crippen LogP contribution in [0.25, 0.3) is 0 Å². The van der Waals surface area contributed by atoms with Crippen LogP contribution in [0.2, 0.25) is 0 Å². The molecule has 0 aliphatic carbocycles. The second kappa shape index (κ2) is 5.51. The topological polar surface area (TPSA) is 94.0 Å². The molecule has 2 aromatic heterocycles. The van der Waals surface area contributed by atoms with E-state index >= 15 is 0 Å². The number of anilines is 1. The first-order valence-electron chi connectivity index (χ1n) is 6.05. The van der Waals surface area contributed by atoms with Gasteiger partial charge in [-0.2, -0.15) is 0 Å². The molecule has 100 valence electrons. The molecule has 1 amide bonds. The summed E-state index contributed by atoms with van der Waals surface area (Å²) in [6.07, 6.45) is 0.730. The second-order valence-corrected chi connectivity index (χ2v) is 4.24. The minimum atomic E-state index is -0.204. The van der Waals surface area contributed by atoms with Crippen molar-refractivity contribution in [1.29, 1.82) is 0 Å². The molecule has 0 aliphatic rings. The van der Waals surface area contributed by atoms with E-state index in [-0.39, 0.29) is 5.91 Å². The summed E-state index contributed by atoms with van der Waals surface area (Å²) in [4.78, 5) is 16.1. The predicted octanol–water partition coefficient (Wildman–Crippen LogP) is 1.45. The zero-order chi connectivity index (χ0) is 13.8. The molecule has 0 aromatic carbocycles. The van der Waals surface area contributed by atoms with E-state index in [4.69, 9.17) is 10.3 Å². The Morgan fingerprint density at radius 3 is 2.79 bits per heavy atom. The van der Waals surface area contributed by atoms with Gasteiger partial charge in [0, 0.05) is 17.3 Å². The molecule has 0 saturated heterocycles. The summed E-state index contributed by atoms with van der Waals surface area (Å²) in [5, 5.41) is 6.57. The Morgan fingerprint density at radius 1 is 1.37 bits per heavy atom. The van der Waals surface area contributed by atoms with E-state index in [2.05, 4.69) is 15.5 Å². The van der Waals surface area contributed by atoms with Crippen LogP contribution in [0.15, 0.2) is 22.7 Å². The Morgan fingerprint density at radius 2 is 2.16 bits per heavy atom. The predicted molar refractivity (Wildman–Crippen MR) is 70.4 cm³/mol. The summed E-state index contributed by atoms with van der Waals surface area (Å²) in [6, 6.07) is 5.07. The van der Waals surface area contributed by atoms with E-state index in [9.17, 15) is 4.79 Å². The summed E-state index contributed by atoms with van der Waals surface area (Å²) in [7, 11) is 0. The van der Waals surface area contributed by atoms with Crippen molar-refractivity contribution in [2.75, 3.05) is 5.73 Å². The average Bonchev–Trinajstić information content (AvgIpc) is 2.81. The monoisotopic (exact) mass is 260 g/mol. The number of hydrogen-bond donors (Lipinski definition) is 2. The van der Waals surface area contributed by atoms with Gasteiger partial charge in [0.1, 0.15) is 17.3 Å². The highest BCUT2D eigenvalue weighted by molar-refractivity contribution is 5.94. The zero-order valence-electron chi connectivity index (χ0n) is 10.9. The highest BCUT2D eigenvalue weighted by Gasteiger charge is 2.09. The highest BCUT2D eigenvalue weighted by atomic mass is 16.5. The van der Waals surface area contributed by atoms with Gasteiger partial charge in [0.25, 0.3) is 5.91 Å². The van der Waals surface area contributed by atoms with Crippen molar-refractivity contribution in [3.05, 3.63) is 40.9 Å². The van der Waals surface area contributed by atoms with Gasteiger partial charge in [0.2, 0.25) is 0 Å². The fourth-order valence-electron chi connectivity index (χ4n) is 1.70. The molecule has 2 heterocycles. The third-order valence-corrected chi connectivity index (χ3v) is 2.63. The molecule has 2 rings (SSSR count). The third kappa shape index (κ3) is 3.31. The zero-order valence-corrected chi connectivity index (χ0v) is 10.9. The molecular weight excluding hydrogens is 244 g/mol. The maximum absolute atomic E-state index is 12.0. The van der Waals surface area contributed by atoms with Crippen molar-refractivity contribution in [1.82, 2.24) is 15.5 Å². The summed E-state index contributed by atoms with van der Waals surface area (Å²) in [5.41, 5.74) is 7.65. The maximum Gasteiger partial charge on any atom is 0.251 e. The number of nitrogens with one attached hydrogen (secondary N) is 1. The average molecular weight is 260 g/mol. The molecule has 3 N–H and O–H groups in total. The molecule has 0 radical (unpaired) electrons. The normalized spacial score (nSPS) is 10.4. The summed E-state index contributed by atoms with van der Waals surface area (Å²) >= 11 is 0. The SMILES string of the molecule is CCc1cc(C(=O)NCc2cc(C)on2)cc(N)n1. The van der Waals surface area contributed by atoms with Crippen LogP contribution in [0, 0.1) is 6.92 Å². The van der Waals surface area contributed by atoms with Crippen molar-refractivity contribution < 1.29 is 9.32 Å². The number of amides is 1. The van der Waals surface area contributed by atoms with Crippen LogP contribution in [0.4, 0.5) is 5.82 Å².